The average molecular weight is 524 g/mol. The van der Waals surface area contributed by atoms with Crippen LogP contribution < -0.4 is 9.64 Å². The molecule has 0 bridgehead atoms. The molecule has 1 heterocycles. The number of ether oxygens (including phenoxy) is 2. The Morgan fingerprint density at radius 1 is 1.00 bits per heavy atom. The van der Waals surface area contributed by atoms with Crippen LogP contribution in [0.15, 0.2) is 66.7 Å². The Morgan fingerprint density at radius 3 is 2.32 bits per heavy atom. The van der Waals surface area contributed by atoms with Crippen LogP contribution in [0.4, 0.5) is 10.1 Å². The predicted molar refractivity (Wildman–Crippen MR) is 139 cm³/mol. The number of halogens is 2. The first-order valence-corrected chi connectivity index (χ1v) is 12.5. The molecule has 0 aliphatic carbocycles. The minimum Gasteiger partial charge on any atom is -0.457 e. The number of aryl methyl sites for hydroxylation is 2. The Morgan fingerprint density at radius 2 is 1.68 bits per heavy atom. The van der Waals surface area contributed by atoms with Gasteiger partial charge < -0.3 is 14.4 Å². The lowest BCUT2D eigenvalue weighted by atomic mass is 10.0. The van der Waals surface area contributed by atoms with Crippen LogP contribution in [0.25, 0.3) is 0 Å². The lowest BCUT2D eigenvalue weighted by Gasteiger charge is -2.19. The first kappa shape index (κ1) is 26.4. The topological polar surface area (TPSA) is 72.9 Å². The minimum absolute atomic E-state index is 0.0297. The SMILES string of the molecule is Cc1ccc(Oc2ccc(N3C[C@@H](C(=O)O[C@H](CCCl)C(=O)c4ccc(F)cc4)CC3=O)cc2)cc1C. The first-order valence-electron chi connectivity index (χ1n) is 12.0. The standard InChI is InChI=1S/C29H27ClFNO5/c1-18-3-10-25(15-19(18)2)36-24-11-8-23(9-12-24)32-17-21(16-27(32)33)29(35)37-26(13-14-30)28(34)20-4-6-22(31)7-5-20/h3-12,15,21,26H,13-14,16-17H2,1-2H3/t21-,26+/m0/s1. The van der Waals surface area contributed by atoms with Crippen molar-refractivity contribution in [3.05, 3.63) is 89.2 Å². The summed E-state index contributed by atoms with van der Waals surface area (Å²) in [6, 6.07) is 17.9. The Hall–Kier alpha value is -3.71. The van der Waals surface area contributed by atoms with Gasteiger partial charge in [0.25, 0.3) is 0 Å². The predicted octanol–water partition coefficient (Wildman–Crippen LogP) is 6.01. The minimum atomic E-state index is -1.11. The summed E-state index contributed by atoms with van der Waals surface area (Å²) in [7, 11) is 0. The van der Waals surface area contributed by atoms with Crippen molar-refractivity contribution in [1.82, 2.24) is 0 Å². The quantitative estimate of drug-likeness (QED) is 0.195. The van der Waals surface area contributed by atoms with Gasteiger partial charge >= 0.3 is 5.97 Å². The van der Waals surface area contributed by atoms with Crippen molar-refractivity contribution in [2.75, 3.05) is 17.3 Å². The molecule has 192 valence electrons. The molecular formula is C29H27ClFNO5. The molecule has 1 aliphatic heterocycles. The molecule has 0 saturated carbocycles. The van der Waals surface area contributed by atoms with Crippen molar-refractivity contribution in [3.63, 3.8) is 0 Å². The third kappa shape index (κ3) is 6.35. The van der Waals surface area contributed by atoms with E-state index in [4.69, 9.17) is 21.1 Å². The first-order chi connectivity index (χ1) is 17.7. The van der Waals surface area contributed by atoms with Crippen LogP contribution in [0.3, 0.4) is 0 Å². The van der Waals surface area contributed by atoms with E-state index in [1.165, 1.54) is 34.7 Å². The zero-order valence-corrected chi connectivity index (χ0v) is 21.3. The van der Waals surface area contributed by atoms with Gasteiger partial charge in [-0.15, -0.1) is 11.6 Å². The molecule has 1 amide bonds. The maximum Gasteiger partial charge on any atom is 0.312 e. The molecule has 0 spiro atoms. The van der Waals surface area contributed by atoms with Crippen molar-refractivity contribution in [3.8, 4) is 11.5 Å². The Labute approximate surface area is 219 Å². The number of Topliss-reactive ketones (excluding diaryl/α,β-unsaturated/α-hetero) is 1. The number of nitrogens with zero attached hydrogens (tertiary/aromatic N) is 1. The highest BCUT2D eigenvalue weighted by Gasteiger charge is 2.38. The van der Waals surface area contributed by atoms with Crippen LogP contribution in [-0.4, -0.2) is 36.2 Å². The molecular weight excluding hydrogens is 497 g/mol. The van der Waals surface area contributed by atoms with Gasteiger partial charge in [-0.05, 0) is 85.6 Å². The summed E-state index contributed by atoms with van der Waals surface area (Å²) in [5, 5.41) is 0. The third-order valence-electron chi connectivity index (χ3n) is 6.37. The fourth-order valence-electron chi connectivity index (χ4n) is 4.10. The van der Waals surface area contributed by atoms with E-state index in [1.54, 1.807) is 24.3 Å². The lowest BCUT2D eigenvalue weighted by Crippen LogP contribution is -2.32. The third-order valence-corrected chi connectivity index (χ3v) is 6.59. The second kappa shape index (κ2) is 11.6. The molecule has 0 radical (unpaired) electrons. The fraction of sp³-hybridized carbons (Fsp3) is 0.276. The highest BCUT2D eigenvalue weighted by atomic mass is 35.5. The maximum absolute atomic E-state index is 13.2. The van der Waals surface area contributed by atoms with E-state index in [9.17, 15) is 18.8 Å². The van der Waals surface area contributed by atoms with Gasteiger partial charge in [0.1, 0.15) is 17.3 Å². The fourth-order valence-corrected chi connectivity index (χ4v) is 4.30. The molecule has 8 heteroatoms. The number of benzene rings is 3. The van der Waals surface area contributed by atoms with E-state index in [2.05, 4.69) is 0 Å². The van der Waals surface area contributed by atoms with Crippen LogP contribution in [-0.2, 0) is 14.3 Å². The molecule has 2 atom stereocenters. The number of carbonyl (C=O) groups excluding carboxylic acids is 3. The van der Waals surface area contributed by atoms with Gasteiger partial charge in [0.2, 0.25) is 11.7 Å². The van der Waals surface area contributed by atoms with Crippen molar-refractivity contribution >= 4 is 34.9 Å². The van der Waals surface area contributed by atoms with E-state index in [1.807, 2.05) is 32.0 Å². The Balaban J connectivity index is 1.39. The smallest absolute Gasteiger partial charge is 0.312 e. The number of anilines is 1. The van der Waals surface area contributed by atoms with E-state index >= 15 is 0 Å². The maximum atomic E-state index is 13.2. The summed E-state index contributed by atoms with van der Waals surface area (Å²) in [5.74, 6) is -1.09. The Bertz CT molecular complexity index is 1290. The molecule has 3 aromatic carbocycles. The average Bonchev–Trinajstić information content (AvgIpc) is 3.28. The van der Waals surface area contributed by atoms with Crippen LogP contribution in [0.2, 0.25) is 0 Å². The van der Waals surface area contributed by atoms with Gasteiger partial charge in [-0.3, -0.25) is 14.4 Å². The number of rotatable bonds is 9. The summed E-state index contributed by atoms with van der Waals surface area (Å²) in [5.41, 5.74) is 3.16. The highest BCUT2D eigenvalue weighted by Crippen LogP contribution is 2.30. The van der Waals surface area contributed by atoms with Gasteiger partial charge in [0.15, 0.2) is 6.10 Å². The summed E-state index contributed by atoms with van der Waals surface area (Å²) in [6.07, 6.45) is -1.03. The summed E-state index contributed by atoms with van der Waals surface area (Å²) < 4.78 is 24.6. The van der Waals surface area contributed by atoms with Gasteiger partial charge in [-0.2, -0.15) is 0 Å². The van der Waals surface area contributed by atoms with Gasteiger partial charge in [0, 0.05) is 36.5 Å². The highest BCUT2D eigenvalue weighted by molar-refractivity contribution is 6.18. The number of carbonyl (C=O) groups is 3. The van der Waals surface area contributed by atoms with E-state index in [-0.39, 0.29) is 36.7 Å². The molecule has 0 N–H and O–H groups in total. The largest absolute Gasteiger partial charge is 0.457 e. The molecule has 0 aromatic heterocycles. The number of alkyl halides is 1. The lowest BCUT2D eigenvalue weighted by molar-refractivity contribution is -0.151. The van der Waals surface area contributed by atoms with Gasteiger partial charge in [-0.1, -0.05) is 6.07 Å². The molecule has 4 rings (SSSR count). The second-order valence-corrected chi connectivity index (χ2v) is 9.40. The van der Waals surface area contributed by atoms with E-state index in [0.29, 0.717) is 11.4 Å². The zero-order chi connectivity index (χ0) is 26.5. The van der Waals surface area contributed by atoms with Gasteiger partial charge in [0.05, 0.1) is 5.92 Å². The van der Waals surface area contributed by atoms with Gasteiger partial charge in [-0.25, -0.2) is 4.39 Å². The number of hydrogen-bond acceptors (Lipinski definition) is 5. The van der Waals surface area contributed by atoms with Crippen LogP contribution >= 0.6 is 11.6 Å². The summed E-state index contributed by atoms with van der Waals surface area (Å²) in [4.78, 5) is 39.9. The van der Waals surface area contributed by atoms with Crippen LogP contribution in [0.1, 0.15) is 34.3 Å². The van der Waals surface area contributed by atoms with Crippen molar-refractivity contribution < 1.29 is 28.2 Å². The van der Waals surface area contributed by atoms with Crippen LogP contribution in [0, 0.1) is 25.6 Å². The second-order valence-electron chi connectivity index (χ2n) is 9.02. The van der Waals surface area contributed by atoms with Crippen LogP contribution in [0.5, 0.6) is 11.5 Å². The molecule has 0 unspecified atom stereocenters. The van der Waals surface area contributed by atoms with Crippen molar-refractivity contribution in [2.24, 2.45) is 5.92 Å². The van der Waals surface area contributed by atoms with Crippen molar-refractivity contribution in [1.29, 1.82) is 0 Å². The zero-order valence-electron chi connectivity index (χ0n) is 20.6. The van der Waals surface area contributed by atoms with Crippen molar-refractivity contribution in [2.45, 2.75) is 32.8 Å². The number of ketones is 1. The molecule has 6 nitrogen and oxygen atoms in total. The molecule has 1 aliphatic rings. The number of hydrogen-bond donors (Lipinski definition) is 0. The number of esters is 1. The molecule has 1 saturated heterocycles. The summed E-state index contributed by atoms with van der Waals surface area (Å²) in [6.45, 7) is 4.18. The van der Waals surface area contributed by atoms with E-state index in [0.717, 1.165) is 11.3 Å². The normalized spacial score (nSPS) is 15.9. The van der Waals surface area contributed by atoms with E-state index < -0.39 is 29.6 Å². The molecule has 37 heavy (non-hydrogen) atoms. The Kier molecular flexibility index (Phi) is 8.24. The molecule has 3 aromatic rings. The monoisotopic (exact) mass is 523 g/mol. The molecule has 1 fully saturated rings. The number of amides is 1. The summed E-state index contributed by atoms with van der Waals surface area (Å²) >= 11 is 5.82.